The Bertz CT molecular complexity index is 238. The molecule has 0 aliphatic carbocycles. The highest BCUT2D eigenvalue weighted by molar-refractivity contribution is 6.53. The van der Waals surface area contributed by atoms with Crippen LogP contribution in [0.25, 0.3) is 0 Å². The minimum atomic E-state index is 0.730. The second kappa shape index (κ2) is 4.16. The van der Waals surface area contributed by atoms with E-state index in [1.807, 2.05) is 12.1 Å². The molecular weight excluding hydrogens is 168 g/mol. The lowest BCUT2D eigenvalue weighted by Gasteiger charge is -2.10. The van der Waals surface area contributed by atoms with E-state index < -0.39 is 0 Å². The van der Waals surface area contributed by atoms with Crippen molar-refractivity contribution in [3.05, 3.63) is 18.2 Å². The van der Waals surface area contributed by atoms with E-state index in [2.05, 4.69) is 12.6 Å². The van der Waals surface area contributed by atoms with Gasteiger partial charge < -0.3 is 9.47 Å². The molecule has 0 bridgehead atoms. The van der Waals surface area contributed by atoms with Crippen molar-refractivity contribution in [3.8, 4) is 11.5 Å². The van der Waals surface area contributed by atoms with Gasteiger partial charge in [-0.3, -0.25) is 0 Å². The van der Waals surface area contributed by atoms with Crippen molar-refractivity contribution >= 4 is 14.7 Å². The average molecular weight is 180 g/mol. The summed E-state index contributed by atoms with van der Waals surface area (Å²) in [5, 5.41) is 1.21. The fourth-order valence-electron chi connectivity index (χ4n) is 1.08. The van der Waals surface area contributed by atoms with Crippen LogP contribution in [0, 0.1) is 0 Å². The standard InChI is InChI=1S/C9H12O2Si/c1-10-7-5-4-6-8(12-3)9(7)11-2/h4-6H,1-3H3. The van der Waals surface area contributed by atoms with Crippen molar-refractivity contribution in [2.75, 3.05) is 14.2 Å². The monoisotopic (exact) mass is 180 g/mol. The molecule has 12 heavy (non-hydrogen) atoms. The molecule has 2 nitrogen and oxygen atoms in total. The van der Waals surface area contributed by atoms with Gasteiger partial charge in [0, 0.05) is 0 Å². The van der Waals surface area contributed by atoms with Crippen molar-refractivity contribution in [1.82, 2.24) is 0 Å². The van der Waals surface area contributed by atoms with Crippen LogP contribution >= 0.6 is 0 Å². The maximum absolute atomic E-state index is 5.24. The normalized spacial score (nSPS) is 9.58. The van der Waals surface area contributed by atoms with Gasteiger partial charge in [0.2, 0.25) is 0 Å². The third-order valence-electron chi connectivity index (χ3n) is 1.67. The van der Waals surface area contributed by atoms with Crippen LogP contribution < -0.4 is 14.7 Å². The van der Waals surface area contributed by atoms with Gasteiger partial charge in [-0.25, -0.2) is 0 Å². The molecule has 1 rings (SSSR count). The van der Waals surface area contributed by atoms with Gasteiger partial charge in [-0.15, -0.1) is 0 Å². The predicted octanol–water partition coefficient (Wildman–Crippen LogP) is 1.08. The molecule has 1 aromatic rings. The first-order chi connectivity index (χ1) is 5.83. The Morgan fingerprint density at radius 1 is 1.17 bits per heavy atom. The first-order valence-electron chi connectivity index (χ1n) is 3.72. The molecule has 0 saturated carbocycles. The van der Waals surface area contributed by atoms with Crippen LogP contribution in [0.15, 0.2) is 18.2 Å². The molecule has 3 heteroatoms. The lowest BCUT2D eigenvalue weighted by Crippen LogP contribution is -2.14. The Kier molecular flexibility index (Phi) is 3.16. The zero-order valence-corrected chi connectivity index (χ0v) is 8.55. The van der Waals surface area contributed by atoms with E-state index in [0.717, 1.165) is 21.0 Å². The van der Waals surface area contributed by atoms with Crippen molar-refractivity contribution in [3.63, 3.8) is 0 Å². The summed E-state index contributed by atoms with van der Waals surface area (Å²) < 4.78 is 10.4. The molecule has 0 atom stereocenters. The van der Waals surface area contributed by atoms with E-state index >= 15 is 0 Å². The van der Waals surface area contributed by atoms with Crippen molar-refractivity contribution in [2.24, 2.45) is 0 Å². The van der Waals surface area contributed by atoms with Gasteiger partial charge in [0.15, 0.2) is 11.5 Å². The zero-order valence-electron chi connectivity index (χ0n) is 7.55. The maximum atomic E-state index is 5.24. The van der Waals surface area contributed by atoms with Crippen LogP contribution in [-0.4, -0.2) is 23.7 Å². The fourth-order valence-corrected chi connectivity index (χ4v) is 1.80. The second-order valence-corrected chi connectivity index (χ2v) is 3.33. The van der Waals surface area contributed by atoms with Gasteiger partial charge in [0.05, 0.1) is 23.7 Å². The highest BCUT2D eigenvalue weighted by Crippen LogP contribution is 2.22. The fraction of sp³-hybridized carbons (Fsp3) is 0.333. The van der Waals surface area contributed by atoms with Gasteiger partial charge in [0.25, 0.3) is 0 Å². The SMILES string of the molecule is COc1cccc([Si]C)c1OC. The smallest absolute Gasteiger partial charge is 0.160 e. The Morgan fingerprint density at radius 2 is 1.92 bits per heavy atom. The summed E-state index contributed by atoms with van der Waals surface area (Å²) in [7, 11) is 4.05. The molecule has 0 spiro atoms. The summed E-state index contributed by atoms with van der Waals surface area (Å²) in [6, 6.07) is 5.94. The lowest BCUT2D eigenvalue weighted by molar-refractivity contribution is 0.357. The Labute approximate surface area is 75.3 Å². The molecule has 0 aliphatic heterocycles. The number of rotatable bonds is 3. The van der Waals surface area contributed by atoms with E-state index in [-0.39, 0.29) is 0 Å². The van der Waals surface area contributed by atoms with Gasteiger partial charge in [-0.1, -0.05) is 18.7 Å². The number of hydrogen-bond acceptors (Lipinski definition) is 2. The van der Waals surface area contributed by atoms with Crippen LogP contribution in [0.3, 0.4) is 0 Å². The molecule has 0 unspecified atom stereocenters. The summed E-state index contributed by atoms with van der Waals surface area (Å²) in [5.74, 6) is 1.67. The van der Waals surface area contributed by atoms with Crippen LogP contribution in [0.1, 0.15) is 0 Å². The summed E-state index contributed by atoms with van der Waals surface area (Å²) >= 11 is 0. The molecule has 0 aromatic heterocycles. The van der Waals surface area contributed by atoms with Gasteiger partial charge in [0.1, 0.15) is 0 Å². The van der Waals surface area contributed by atoms with Gasteiger partial charge in [-0.05, 0) is 11.3 Å². The molecule has 0 amide bonds. The molecule has 1 aromatic carbocycles. The third kappa shape index (κ3) is 1.61. The Balaban J connectivity index is 3.13. The number of para-hydroxylation sites is 1. The van der Waals surface area contributed by atoms with E-state index in [9.17, 15) is 0 Å². The van der Waals surface area contributed by atoms with Crippen LogP contribution in [0.2, 0.25) is 6.55 Å². The quantitative estimate of drug-likeness (QED) is 0.648. The van der Waals surface area contributed by atoms with Crippen LogP contribution in [0.5, 0.6) is 11.5 Å². The highest BCUT2D eigenvalue weighted by Gasteiger charge is 2.06. The minimum absolute atomic E-state index is 0.730. The Morgan fingerprint density at radius 3 is 2.42 bits per heavy atom. The predicted molar refractivity (Wildman–Crippen MR) is 50.8 cm³/mol. The van der Waals surface area contributed by atoms with E-state index in [1.54, 1.807) is 14.2 Å². The lowest BCUT2D eigenvalue weighted by atomic mass is 10.3. The number of ether oxygens (including phenoxy) is 2. The molecule has 0 fully saturated rings. The number of hydrogen-bond donors (Lipinski definition) is 0. The molecular formula is C9H12O2Si. The van der Waals surface area contributed by atoms with E-state index in [0.29, 0.717) is 0 Å². The zero-order chi connectivity index (χ0) is 8.97. The Hall–Kier alpha value is -0.963. The minimum Gasteiger partial charge on any atom is -0.493 e. The van der Waals surface area contributed by atoms with E-state index in [1.165, 1.54) is 5.19 Å². The first kappa shape index (κ1) is 9.13. The summed E-state index contributed by atoms with van der Waals surface area (Å²) in [6.07, 6.45) is 0. The van der Waals surface area contributed by atoms with Gasteiger partial charge >= 0.3 is 0 Å². The van der Waals surface area contributed by atoms with Crippen molar-refractivity contribution in [2.45, 2.75) is 6.55 Å². The summed E-state index contributed by atoms with van der Waals surface area (Å²) in [6.45, 7) is 2.12. The van der Waals surface area contributed by atoms with Crippen molar-refractivity contribution in [1.29, 1.82) is 0 Å². The molecule has 0 heterocycles. The van der Waals surface area contributed by atoms with Crippen LogP contribution in [-0.2, 0) is 0 Å². The van der Waals surface area contributed by atoms with Gasteiger partial charge in [-0.2, -0.15) is 0 Å². The third-order valence-corrected chi connectivity index (χ3v) is 2.60. The molecule has 0 N–H and O–H groups in total. The molecule has 2 radical (unpaired) electrons. The second-order valence-electron chi connectivity index (χ2n) is 2.29. The summed E-state index contributed by atoms with van der Waals surface area (Å²) in [5.41, 5.74) is 0. The molecule has 0 aliphatic rings. The topological polar surface area (TPSA) is 18.5 Å². The highest BCUT2D eigenvalue weighted by atomic mass is 28.2. The van der Waals surface area contributed by atoms with Crippen molar-refractivity contribution < 1.29 is 9.47 Å². The molecule has 0 saturated heterocycles. The maximum Gasteiger partial charge on any atom is 0.160 e. The largest absolute Gasteiger partial charge is 0.493 e. The number of methoxy groups -OCH3 is 2. The summed E-state index contributed by atoms with van der Waals surface area (Å²) in [4.78, 5) is 0. The van der Waals surface area contributed by atoms with Crippen LogP contribution in [0.4, 0.5) is 0 Å². The van der Waals surface area contributed by atoms with E-state index in [4.69, 9.17) is 9.47 Å². The molecule has 64 valence electrons. The number of benzene rings is 1. The first-order valence-corrected chi connectivity index (χ1v) is 5.22. The average Bonchev–Trinajstić information content (AvgIpc) is 2.16.